The molecule has 2 aliphatic heterocycles. The van der Waals surface area contributed by atoms with E-state index in [2.05, 4.69) is 40.1 Å². The summed E-state index contributed by atoms with van der Waals surface area (Å²) in [5.41, 5.74) is 1.77. The van der Waals surface area contributed by atoms with E-state index in [1.54, 1.807) is 19.2 Å². The zero-order chi connectivity index (χ0) is 26.0. The second-order valence-electron chi connectivity index (χ2n) is 11.3. The fraction of sp³-hybridized carbons (Fsp3) is 0.567. The molecule has 0 spiro atoms. The largest absolute Gasteiger partial charge is 0.381 e. The predicted molar refractivity (Wildman–Crippen MR) is 146 cm³/mol. The van der Waals surface area contributed by atoms with Gasteiger partial charge in [0.2, 0.25) is 0 Å². The van der Waals surface area contributed by atoms with E-state index in [9.17, 15) is 13.7 Å². The van der Waals surface area contributed by atoms with Gasteiger partial charge in [0.25, 0.3) is 0 Å². The molecule has 3 atom stereocenters. The van der Waals surface area contributed by atoms with Crippen LogP contribution < -0.4 is 4.90 Å². The molecule has 0 bridgehead atoms. The van der Waals surface area contributed by atoms with Crippen LogP contribution >= 0.6 is 0 Å². The Morgan fingerprint density at radius 1 is 1.00 bits per heavy atom. The van der Waals surface area contributed by atoms with Crippen LogP contribution in [-0.4, -0.2) is 65.5 Å². The third kappa shape index (κ3) is 5.16. The van der Waals surface area contributed by atoms with Gasteiger partial charge in [-0.1, -0.05) is 36.8 Å². The van der Waals surface area contributed by atoms with Crippen molar-refractivity contribution in [3.8, 4) is 6.07 Å². The van der Waals surface area contributed by atoms with Gasteiger partial charge in [-0.15, -0.1) is 0 Å². The SMILES string of the molecule is CO[C@H]1CCC[C@@H]1C(C#N)(c1ccccc1)C1CCN(CC2CN(c3ccc(S(C)(=O)=O)cc3)C2)CC1. The molecule has 7 heteroatoms. The molecule has 6 nitrogen and oxygen atoms in total. The van der Waals surface area contributed by atoms with E-state index in [0.29, 0.717) is 16.7 Å². The number of benzene rings is 2. The summed E-state index contributed by atoms with van der Waals surface area (Å²) < 4.78 is 29.4. The second kappa shape index (κ2) is 10.8. The Bertz CT molecular complexity index is 1200. The van der Waals surface area contributed by atoms with Gasteiger partial charge < -0.3 is 14.5 Å². The highest BCUT2D eigenvalue weighted by Crippen LogP contribution is 2.50. The molecule has 2 aromatic carbocycles. The van der Waals surface area contributed by atoms with E-state index in [1.807, 2.05) is 18.2 Å². The quantitative estimate of drug-likeness (QED) is 0.509. The van der Waals surface area contributed by atoms with Crippen LogP contribution in [0.2, 0.25) is 0 Å². The van der Waals surface area contributed by atoms with Crippen molar-refractivity contribution in [3.63, 3.8) is 0 Å². The van der Waals surface area contributed by atoms with Gasteiger partial charge >= 0.3 is 0 Å². The number of nitrogens with zero attached hydrogens (tertiary/aromatic N) is 3. The van der Waals surface area contributed by atoms with Gasteiger partial charge in [-0.3, -0.25) is 0 Å². The van der Waals surface area contributed by atoms with E-state index in [-0.39, 0.29) is 12.0 Å². The molecule has 5 rings (SSSR count). The molecule has 0 N–H and O–H groups in total. The fourth-order valence-electron chi connectivity index (χ4n) is 7.17. The number of piperidine rings is 1. The Balaban J connectivity index is 1.20. The van der Waals surface area contributed by atoms with Crippen molar-refractivity contribution in [2.45, 2.75) is 48.5 Å². The summed E-state index contributed by atoms with van der Waals surface area (Å²) in [6, 6.07) is 20.6. The van der Waals surface area contributed by atoms with Crippen LogP contribution in [0.5, 0.6) is 0 Å². The smallest absolute Gasteiger partial charge is 0.175 e. The Morgan fingerprint density at radius 2 is 1.68 bits per heavy atom. The first-order valence-corrected chi connectivity index (χ1v) is 15.5. The summed E-state index contributed by atoms with van der Waals surface area (Å²) in [4.78, 5) is 5.28. The number of sulfone groups is 1. The molecular weight excluding hydrogens is 482 g/mol. The van der Waals surface area contributed by atoms with E-state index in [0.717, 1.165) is 70.5 Å². The molecule has 3 aliphatic rings. The maximum Gasteiger partial charge on any atom is 0.175 e. The first-order chi connectivity index (χ1) is 17.8. The van der Waals surface area contributed by atoms with Gasteiger partial charge in [0, 0.05) is 50.5 Å². The van der Waals surface area contributed by atoms with Crippen molar-refractivity contribution in [2.75, 3.05) is 51.0 Å². The van der Waals surface area contributed by atoms with Crippen molar-refractivity contribution < 1.29 is 13.2 Å². The van der Waals surface area contributed by atoms with Gasteiger partial charge in [0.15, 0.2) is 9.84 Å². The lowest BCUT2D eigenvalue weighted by Crippen LogP contribution is -2.54. The minimum absolute atomic E-state index is 0.158. The van der Waals surface area contributed by atoms with Crippen LogP contribution in [0, 0.1) is 29.1 Å². The standard InChI is InChI=1S/C30H39N3O3S/c1-36-29-10-6-9-28(29)30(22-31,24-7-4-3-5-8-24)25-15-17-32(18-16-25)19-23-20-33(21-23)26-11-13-27(14-12-26)37(2,34)35/h3-5,7-8,11-14,23,25,28-29H,6,9-10,15-21H2,1-2H3/t28-,29-,30?/m0/s1. The molecule has 0 aromatic heterocycles. The van der Waals surface area contributed by atoms with Crippen molar-refractivity contribution in [1.82, 2.24) is 4.90 Å². The molecule has 1 unspecified atom stereocenters. The number of anilines is 1. The number of rotatable bonds is 8. The second-order valence-corrected chi connectivity index (χ2v) is 13.3. The number of likely N-dealkylation sites (tertiary alicyclic amines) is 1. The van der Waals surface area contributed by atoms with Crippen LogP contribution in [0.25, 0.3) is 0 Å². The van der Waals surface area contributed by atoms with Crippen LogP contribution in [0.1, 0.15) is 37.7 Å². The zero-order valence-electron chi connectivity index (χ0n) is 22.1. The van der Waals surface area contributed by atoms with E-state index >= 15 is 0 Å². The van der Waals surface area contributed by atoms with E-state index in [4.69, 9.17) is 4.74 Å². The fourth-order valence-corrected chi connectivity index (χ4v) is 7.80. The molecule has 1 saturated carbocycles. The lowest BCUT2D eigenvalue weighted by molar-refractivity contribution is 0.0193. The Hall–Kier alpha value is -2.40. The number of ether oxygens (including phenoxy) is 1. The van der Waals surface area contributed by atoms with Gasteiger partial charge in [0.1, 0.15) is 0 Å². The third-order valence-corrected chi connectivity index (χ3v) is 10.2. The number of methoxy groups -OCH3 is 1. The van der Waals surface area contributed by atoms with Crippen molar-refractivity contribution in [1.29, 1.82) is 5.26 Å². The van der Waals surface area contributed by atoms with E-state index < -0.39 is 15.3 Å². The minimum atomic E-state index is -3.16. The van der Waals surface area contributed by atoms with Crippen LogP contribution in [0.3, 0.4) is 0 Å². The van der Waals surface area contributed by atoms with Crippen LogP contribution in [0.15, 0.2) is 59.5 Å². The topological polar surface area (TPSA) is 73.6 Å². The summed E-state index contributed by atoms with van der Waals surface area (Å²) in [5, 5.41) is 10.8. The van der Waals surface area contributed by atoms with Gasteiger partial charge in [-0.05, 0) is 74.5 Å². The van der Waals surface area contributed by atoms with Gasteiger partial charge in [-0.2, -0.15) is 5.26 Å². The first kappa shape index (κ1) is 26.2. The third-order valence-electron chi connectivity index (χ3n) is 9.11. The Kier molecular flexibility index (Phi) is 7.63. The highest BCUT2D eigenvalue weighted by atomic mass is 32.2. The average molecular weight is 522 g/mol. The molecule has 0 radical (unpaired) electrons. The van der Waals surface area contributed by atoms with Crippen molar-refractivity contribution >= 4 is 15.5 Å². The highest BCUT2D eigenvalue weighted by molar-refractivity contribution is 7.90. The average Bonchev–Trinajstić information content (AvgIpc) is 3.37. The maximum atomic E-state index is 11.7. The minimum Gasteiger partial charge on any atom is -0.381 e. The molecule has 2 aromatic rings. The number of nitriles is 1. The van der Waals surface area contributed by atoms with E-state index in [1.165, 1.54) is 11.8 Å². The maximum absolute atomic E-state index is 11.7. The molecular formula is C30H39N3O3S. The summed E-state index contributed by atoms with van der Waals surface area (Å²) >= 11 is 0. The Labute approximate surface area is 222 Å². The molecule has 1 aliphatic carbocycles. The molecule has 3 fully saturated rings. The first-order valence-electron chi connectivity index (χ1n) is 13.6. The molecule has 0 amide bonds. The predicted octanol–water partition coefficient (Wildman–Crippen LogP) is 4.51. The number of hydrogen-bond donors (Lipinski definition) is 0. The lowest BCUT2D eigenvalue weighted by atomic mass is 9.59. The lowest BCUT2D eigenvalue weighted by Gasteiger charge is -2.48. The highest BCUT2D eigenvalue weighted by Gasteiger charge is 2.52. The van der Waals surface area contributed by atoms with Crippen molar-refractivity contribution in [3.05, 3.63) is 60.2 Å². The van der Waals surface area contributed by atoms with Crippen LogP contribution in [0.4, 0.5) is 5.69 Å². The summed E-state index contributed by atoms with van der Waals surface area (Å²) in [6.45, 7) is 5.15. The molecule has 2 heterocycles. The molecule has 2 saturated heterocycles. The summed E-state index contributed by atoms with van der Waals surface area (Å²) in [7, 11) is -1.36. The number of hydrogen-bond acceptors (Lipinski definition) is 6. The van der Waals surface area contributed by atoms with Gasteiger partial charge in [-0.25, -0.2) is 8.42 Å². The van der Waals surface area contributed by atoms with Crippen molar-refractivity contribution in [2.24, 2.45) is 17.8 Å². The molecule has 198 valence electrons. The summed E-state index contributed by atoms with van der Waals surface area (Å²) in [5.74, 6) is 1.20. The van der Waals surface area contributed by atoms with Crippen LogP contribution in [-0.2, 0) is 20.0 Å². The molecule has 37 heavy (non-hydrogen) atoms. The Morgan fingerprint density at radius 3 is 2.27 bits per heavy atom. The zero-order valence-corrected chi connectivity index (χ0v) is 22.9. The summed E-state index contributed by atoms with van der Waals surface area (Å²) in [6.07, 6.45) is 6.72. The normalized spacial score (nSPS) is 25.4. The van der Waals surface area contributed by atoms with Gasteiger partial charge in [0.05, 0.1) is 22.5 Å². The monoisotopic (exact) mass is 521 g/mol.